The first kappa shape index (κ1) is 17.4. The van der Waals surface area contributed by atoms with Crippen molar-refractivity contribution in [1.82, 2.24) is 15.4 Å². The second-order valence-corrected chi connectivity index (χ2v) is 9.08. The van der Waals surface area contributed by atoms with Gasteiger partial charge in [0, 0.05) is 19.6 Å². The lowest BCUT2D eigenvalue weighted by atomic mass is 10.1. The third-order valence-corrected chi connectivity index (χ3v) is 6.75. The maximum absolute atomic E-state index is 12.0. The van der Waals surface area contributed by atoms with Crippen LogP contribution in [0.3, 0.4) is 0 Å². The number of benzene rings is 1. The molecule has 1 aliphatic rings. The van der Waals surface area contributed by atoms with Crippen molar-refractivity contribution in [2.45, 2.75) is 23.8 Å². The Labute approximate surface area is 149 Å². The number of nitrogens with one attached hydrogen (secondary N) is 3. The molecule has 9 heteroatoms. The molecule has 24 heavy (non-hydrogen) atoms. The fraction of sp³-hybridized carbons (Fsp3) is 0.267. The molecule has 0 radical (unpaired) electrons. The van der Waals surface area contributed by atoms with Crippen molar-refractivity contribution in [1.29, 1.82) is 0 Å². The van der Waals surface area contributed by atoms with E-state index in [-0.39, 0.29) is 16.7 Å². The Kier molecular flexibility index (Phi) is 5.21. The fourth-order valence-corrected chi connectivity index (χ4v) is 4.90. The molecule has 6 nitrogen and oxygen atoms in total. The molecule has 128 valence electrons. The number of sulfonamides is 1. The smallest absolute Gasteiger partial charge is 0.250 e. The van der Waals surface area contributed by atoms with Crippen LogP contribution in [0.25, 0.3) is 0 Å². The third kappa shape index (κ3) is 4.14. The monoisotopic (exact) mass is 385 g/mol. The lowest BCUT2D eigenvalue weighted by Gasteiger charge is -2.08. The number of hydrogen-bond donors (Lipinski definition) is 3. The number of halogens is 1. The standard InChI is InChI=1S/C15H16ClN3O3S2/c16-13-3-4-15(23-13)24(21,22)19-9-14(20)18-6-10-1-2-11-7-17-8-12(11)5-10/h1-5,17,19H,6-9H2,(H,18,20). The average Bonchev–Trinajstić information content (AvgIpc) is 3.19. The summed E-state index contributed by atoms with van der Waals surface area (Å²) in [5, 5.41) is 5.97. The van der Waals surface area contributed by atoms with E-state index in [9.17, 15) is 13.2 Å². The van der Waals surface area contributed by atoms with Crippen LogP contribution in [0.1, 0.15) is 16.7 Å². The van der Waals surface area contributed by atoms with Gasteiger partial charge in [0.1, 0.15) is 4.21 Å². The average molecular weight is 386 g/mol. The zero-order chi connectivity index (χ0) is 17.2. The topological polar surface area (TPSA) is 87.3 Å². The maximum atomic E-state index is 12.0. The minimum atomic E-state index is -3.71. The van der Waals surface area contributed by atoms with Crippen molar-refractivity contribution >= 4 is 38.9 Å². The van der Waals surface area contributed by atoms with Gasteiger partial charge in [-0.1, -0.05) is 29.8 Å². The molecule has 3 rings (SSSR count). The molecule has 0 saturated carbocycles. The summed E-state index contributed by atoms with van der Waals surface area (Å²) in [6.07, 6.45) is 0. The third-order valence-electron chi connectivity index (χ3n) is 3.63. The number of hydrogen-bond acceptors (Lipinski definition) is 5. The van der Waals surface area contributed by atoms with Gasteiger partial charge in [-0.15, -0.1) is 11.3 Å². The van der Waals surface area contributed by atoms with Crippen molar-refractivity contribution in [2.24, 2.45) is 0 Å². The number of carbonyl (C=O) groups excluding carboxylic acids is 1. The normalized spacial score (nSPS) is 13.7. The molecule has 1 amide bonds. The predicted molar refractivity (Wildman–Crippen MR) is 93.3 cm³/mol. The van der Waals surface area contributed by atoms with E-state index >= 15 is 0 Å². The molecule has 0 unspecified atom stereocenters. The molecule has 1 aromatic carbocycles. The summed E-state index contributed by atoms with van der Waals surface area (Å²) in [6, 6.07) is 8.97. The predicted octanol–water partition coefficient (Wildman–Crippen LogP) is 1.60. The molecule has 1 aliphatic heterocycles. The number of carbonyl (C=O) groups is 1. The Morgan fingerprint density at radius 2 is 2.00 bits per heavy atom. The molecule has 2 aromatic rings. The Morgan fingerprint density at radius 3 is 2.75 bits per heavy atom. The van der Waals surface area contributed by atoms with Crippen molar-refractivity contribution in [3.8, 4) is 0 Å². The Hall–Kier alpha value is -1.45. The Morgan fingerprint density at radius 1 is 1.21 bits per heavy atom. The van der Waals surface area contributed by atoms with E-state index < -0.39 is 10.0 Å². The molecule has 0 saturated heterocycles. The van der Waals surface area contributed by atoms with Crippen LogP contribution in [0.5, 0.6) is 0 Å². The maximum Gasteiger partial charge on any atom is 0.250 e. The van der Waals surface area contributed by atoms with Crippen LogP contribution in [0.2, 0.25) is 4.34 Å². The van der Waals surface area contributed by atoms with Crippen LogP contribution < -0.4 is 15.4 Å². The highest BCUT2D eigenvalue weighted by Gasteiger charge is 2.17. The second kappa shape index (κ2) is 7.20. The molecule has 1 aromatic heterocycles. The highest BCUT2D eigenvalue weighted by atomic mass is 35.5. The number of amides is 1. The van der Waals surface area contributed by atoms with Crippen LogP contribution in [0.4, 0.5) is 0 Å². The molecule has 0 bridgehead atoms. The van der Waals surface area contributed by atoms with Gasteiger partial charge in [0.05, 0.1) is 10.9 Å². The summed E-state index contributed by atoms with van der Waals surface area (Å²) < 4.78 is 26.7. The second-order valence-electron chi connectivity index (χ2n) is 5.37. The van der Waals surface area contributed by atoms with Gasteiger partial charge in [-0.25, -0.2) is 13.1 Å². The van der Waals surface area contributed by atoms with Crippen molar-refractivity contribution in [3.63, 3.8) is 0 Å². The molecule has 0 spiro atoms. The highest BCUT2D eigenvalue weighted by Crippen LogP contribution is 2.25. The minimum Gasteiger partial charge on any atom is -0.351 e. The van der Waals surface area contributed by atoms with E-state index in [1.54, 1.807) is 0 Å². The van der Waals surface area contributed by atoms with Gasteiger partial charge in [0.15, 0.2) is 0 Å². The zero-order valence-electron chi connectivity index (χ0n) is 12.6. The summed E-state index contributed by atoms with van der Waals surface area (Å²) in [5.74, 6) is -0.389. The van der Waals surface area contributed by atoms with Gasteiger partial charge in [-0.3, -0.25) is 4.79 Å². The first-order valence-electron chi connectivity index (χ1n) is 7.27. The first-order chi connectivity index (χ1) is 11.4. The first-order valence-corrected chi connectivity index (χ1v) is 9.95. The van der Waals surface area contributed by atoms with Gasteiger partial charge in [-0.05, 0) is 28.8 Å². The minimum absolute atomic E-state index is 0.0893. The molecule has 3 N–H and O–H groups in total. The van der Waals surface area contributed by atoms with E-state index in [2.05, 4.69) is 15.4 Å². The van der Waals surface area contributed by atoms with Gasteiger partial charge < -0.3 is 10.6 Å². The zero-order valence-corrected chi connectivity index (χ0v) is 15.0. The van der Waals surface area contributed by atoms with Crippen molar-refractivity contribution < 1.29 is 13.2 Å². The molecular weight excluding hydrogens is 370 g/mol. The quantitative estimate of drug-likeness (QED) is 0.704. The van der Waals surface area contributed by atoms with Crippen molar-refractivity contribution in [2.75, 3.05) is 6.54 Å². The summed E-state index contributed by atoms with van der Waals surface area (Å²) >= 11 is 6.67. The lowest BCUT2D eigenvalue weighted by Crippen LogP contribution is -2.36. The summed E-state index contributed by atoms with van der Waals surface area (Å²) in [4.78, 5) is 11.9. The van der Waals surface area contributed by atoms with E-state index in [0.717, 1.165) is 30.0 Å². The van der Waals surface area contributed by atoms with Gasteiger partial charge in [-0.2, -0.15) is 0 Å². The Bertz CT molecular complexity index is 865. The van der Waals surface area contributed by atoms with E-state index in [1.165, 1.54) is 23.3 Å². The summed E-state index contributed by atoms with van der Waals surface area (Å²) in [5.41, 5.74) is 3.49. The summed E-state index contributed by atoms with van der Waals surface area (Å²) in [6.45, 7) is 1.75. The summed E-state index contributed by atoms with van der Waals surface area (Å²) in [7, 11) is -3.71. The van der Waals surface area contributed by atoms with E-state index in [0.29, 0.717) is 10.9 Å². The molecule has 0 fully saturated rings. The Balaban J connectivity index is 1.51. The number of thiophene rings is 1. The highest BCUT2D eigenvalue weighted by molar-refractivity contribution is 7.91. The molecule has 2 heterocycles. The number of rotatable bonds is 6. The molecule has 0 aliphatic carbocycles. The van der Waals surface area contributed by atoms with Crippen LogP contribution in [0, 0.1) is 0 Å². The van der Waals surface area contributed by atoms with Crippen LogP contribution in [-0.2, 0) is 34.5 Å². The van der Waals surface area contributed by atoms with Gasteiger partial charge >= 0.3 is 0 Å². The van der Waals surface area contributed by atoms with Crippen LogP contribution >= 0.6 is 22.9 Å². The van der Waals surface area contributed by atoms with E-state index in [4.69, 9.17) is 11.6 Å². The van der Waals surface area contributed by atoms with Gasteiger partial charge in [0.2, 0.25) is 5.91 Å². The SMILES string of the molecule is O=C(CNS(=O)(=O)c1ccc(Cl)s1)NCc1ccc2c(c1)CNC2. The lowest BCUT2D eigenvalue weighted by molar-refractivity contribution is -0.120. The molecular formula is C15H16ClN3O3S2. The van der Waals surface area contributed by atoms with Crippen LogP contribution in [0.15, 0.2) is 34.5 Å². The van der Waals surface area contributed by atoms with Crippen molar-refractivity contribution in [3.05, 3.63) is 51.4 Å². The van der Waals surface area contributed by atoms with E-state index in [1.807, 2.05) is 18.2 Å². The number of fused-ring (bicyclic) bond motifs is 1. The van der Waals surface area contributed by atoms with Gasteiger partial charge in [0.25, 0.3) is 10.0 Å². The van der Waals surface area contributed by atoms with Crippen LogP contribution in [-0.4, -0.2) is 20.9 Å². The largest absolute Gasteiger partial charge is 0.351 e. The molecule has 0 atom stereocenters. The fourth-order valence-electron chi connectivity index (χ4n) is 2.40.